The molecule has 0 aliphatic heterocycles. The number of carbonyl (C=O) groups excluding carboxylic acids is 1. The fourth-order valence-corrected chi connectivity index (χ4v) is 3.08. The summed E-state index contributed by atoms with van der Waals surface area (Å²) in [5.41, 5.74) is 2.58. The molecule has 0 heterocycles. The normalized spacial score (nSPS) is 16.7. The van der Waals surface area contributed by atoms with Crippen LogP contribution in [0, 0.1) is 0 Å². The Balaban J connectivity index is 1.57. The summed E-state index contributed by atoms with van der Waals surface area (Å²) >= 11 is 3.37. The first-order valence-electron chi connectivity index (χ1n) is 7.48. The molecule has 1 aliphatic rings. The molecule has 0 radical (unpaired) electrons. The zero-order valence-corrected chi connectivity index (χ0v) is 13.8. The van der Waals surface area contributed by atoms with E-state index in [0.717, 1.165) is 23.7 Å². The highest BCUT2D eigenvalue weighted by molar-refractivity contribution is 9.10. The van der Waals surface area contributed by atoms with Gasteiger partial charge in [0.25, 0.3) is 5.91 Å². The summed E-state index contributed by atoms with van der Waals surface area (Å²) in [5, 5.41) is 3.08. The van der Waals surface area contributed by atoms with E-state index in [0.29, 0.717) is 5.75 Å². The van der Waals surface area contributed by atoms with Crippen LogP contribution < -0.4 is 10.1 Å². The van der Waals surface area contributed by atoms with Crippen LogP contribution in [0.15, 0.2) is 53.0 Å². The van der Waals surface area contributed by atoms with Crippen molar-refractivity contribution in [3.63, 3.8) is 0 Å². The predicted molar refractivity (Wildman–Crippen MR) is 89.9 cm³/mol. The van der Waals surface area contributed by atoms with Crippen molar-refractivity contribution in [2.24, 2.45) is 0 Å². The second-order valence-corrected chi connectivity index (χ2v) is 6.37. The molecule has 0 aromatic heterocycles. The number of hydrogen-bond acceptors (Lipinski definition) is 2. The van der Waals surface area contributed by atoms with Crippen LogP contribution in [0.5, 0.6) is 5.75 Å². The molecule has 0 unspecified atom stereocenters. The molecule has 3 rings (SSSR count). The zero-order valence-electron chi connectivity index (χ0n) is 12.2. The Morgan fingerprint density at radius 1 is 1.18 bits per heavy atom. The number of halogens is 1. The molecular formula is C18H18BrNO2. The monoisotopic (exact) mass is 359 g/mol. The number of ether oxygens (including phenoxy) is 1. The highest BCUT2D eigenvalue weighted by Gasteiger charge is 2.21. The van der Waals surface area contributed by atoms with E-state index in [1.54, 1.807) is 0 Å². The minimum Gasteiger partial charge on any atom is -0.484 e. The summed E-state index contributed by atoms with van der Waals surface area (Å²) in [6.45, 7) is 0.0420. The standard InChI is InChI=1S/C18H18BrNO2/c19-14-8-10-15(11-9-14)22-12-18(21)20-17-7-3-5-13-4-1-2-6-16(13)17/h1-2,4,6,8-11,17H,3,5,7,12H2,(H,20,21)/t17-/m1/s1. The molecule has 22 heavy (non-hydrogen) atoms. The minimum atomic E-state index is -0.0791. The van der Waals surface area contributed by atoms with Crippen molar-refractivity contribution in [1.29, 1.82) is 0 Å². The predicted octanol–water partition coefficient (Wildman–Crippen LogP) is 4.02. The molecule has 1 N–H and O–H groups in total. The highest BCUT2D eigenvalue weighted by atomic mass is 79.9. The molecule has 0 saturated heterocycles. The van der Waals surface area contributed by atoms with Gasteiger partial charge in [-0.05, 0) is 54.7 Å². The van der Waals surface area contributed by atoms with Crippen LogP contribution in [0.1, 0.15) is 30.0 Å². The van der Waals surface area contributed by atoms with Crippen LogP contribution in [0.3, 0.4) is 0 Å². The molecule has 1 atom stereocenters. The Hall–Kier alpha value is -1.81. The van der Waals surface area contributed by atoms with E-state index in [9.17, 15) is 4.79 Å². The number of nitrogens with one attached hydrogen (secondary N) is 1. The van der Waals surface area contributed by atoms with E-state index >= 15 is 0 Å². The third-order valence-corrected chi connectivity index (χ3v) is 4.42. The van der Waals surface area contributed by atoms with Crippen LogP contribution in [0.2, 0.25) is 0 Å². The van der Waals surface area contributed by atoms with Gasteiger partial charge in [0.2, 0.25) is 0 Å². The zero-order chi connectivity index (χ0) is 15.4. The van der Waals surface area contributed by atoms with Crippen molar-refractivity contribution in [3.8, 4) is 5.75 Å². The van der Waals surface area contributed by atoms with Crippen LogP contribution in [-0.2, 0) is 11.2 Å². The van der Waals surface area contributed by atoms with Gasteiger partial charge in [-0.15, -0.1) is 0 Å². The SMILES string of the molecule is O=C(COc1ccc(Br)cc1)N[C@@H]1CCCc2ccccc21. The Morgan fingerprint density at radius 2 is 1.95 bits per heavy atom. The number of benzene rings is 2. The van der Waals surface area contributed by atoms with E-state index in [-0.39, 0.29) is 18.6 Å². The molecule has 2 aromatic carbocycles. The first kappa shape index (κ1) is 15.1. The van der Waals surface area contributed by atoms with Crippen molar-refractivity contribution in [1.82, 2.24) is 5.32 Å². The third-order valence-electron chi connectivity index (χ3n) is 3.89. The number of rotatable bonds is 4. The first-order chi connectivity index (χ1) is 10.7. The number of amides is 1. The van der Waals surface area contributed by atoms with Crippen molar-refractivity contribution >= 4 is 21.8 Å². The number of fused-ring (bicyclic) bond motifs is 1. The molecule has 3 nitrogen and oxygen atoms in total. The lowest BCUT2D eigenvalue weighted by molar-refractivity contribution is -0.123. The lowest BCUT2D eigenvalue weighted by Gasteiger charge is -2.26. The largest absolute Gasteiger partial charge is 0.484 e. The van der Waals surface area contributed by atoms with E-state index < -0.39 is 0 Å². The molecule has 0 spiro atoms. The van der Waals surface area contributed by atoms with Gasteiger partial charge in [-0.3, -0.25) is 4.79 Å². The molecule has 1 amide bonds. The molecule has 114 valence electrons. The van der Waals surface area contributed by atoms with Crippen LogP contribution in [0.25, 0.3) is 0 Å². The van der Waals surface area contributed by atoms with E-state index in [1.807, 2.05) is 30.3 Å². The maximum atomic E-state index is 12.1. The van der Waals surface area contributed by atoms with E-state index in [1.165, 1.54) is 11.1 Å². The fourth-order valence-electron chi connectivity index (χ4n) is 2.82. The Labute approximate surface area is 138 Å². The van der Waals surface area contributed by atoms with Gasteiger partial charge in [-0.25, -0.2) is 0 Å². The maximum absolute atomic E-state index is 12.1. The molecular weight excluding hydrogens is 342 g/mol. The number of carbonyl (C=O) groups is 1. The van der Waals surface area contributed by atoms with E-state index in [2.05, 4.69) is 39.4 Å². The summed E-state index contributed by atoms with van der Waals surface area (Å²) in [6.07, 6.45) is 3.19. The summed E-state index contributed by atoms with van der Waals surface area (Å²) in [5.74, 6) is 0.618. The summed E-state index contributed by atoms with van der Waals surface area (Å²) < 4.78 is 6.51. The molecule has 0 fully saturated rings. The molecule has 0 saturated carbocycles. The second kappa shape index (κ2) is 6.97. The van der Waals surface area contributed by atoms with Crippen molar-refractivity contribution in [2.75, 3.05) is 6.61 Å². The third kappa shape index (κ3) is 3.69. The number of aryl methyl sites for hydroxylation is 1. The highest BCUT2D eigenvalue weighted by Crippen LogP contribution is 2.29. The topological polar surface area (TPSA) is 38.3 Å². The van der Waals surface area contributed by atoms with Crippen LogP contribution in [-0.4, -0.2) is 12.5 Å². The van der Waals surface area contributed by atoms with Crippen LogP contribution >= 0.6 is 15.9 Å². The maximum Gasteiger partial charge on any atom is 0.258 e. The van der Waals surface area contributed by atoms with Crippen molar-refractivity contribution in [2.45, 2.75) is 25.3 Å². The van der Waals surface area contributed by atoms with Gasteiger partial charge < -0.3 is 10.1 Å². The van der Waals surface area contributed by atoms with Gasteiger partial charge in [0.15, 0.2) is 6.61 Å². The smallest absolute Gasteiger partial charge is 0.258 e. The average Bonchev–Trinajstić information content (AvgIpc) is 2.55. The first-order valence-corrected chi connectivity index (χ1v) is 8.27. The molecule has 1 aliphatic carbocycles. The Bertz CT molecular complexity index is 654. The Morgan fingerprint density at radius 3 is 2.77 bits per heavy atom. The number of hydrogen-bond donors (Lipinski definition) is 1. The van der Waals surface area contributed by atoms with Gasteiger partial charge in [-0.1, -0.05) is 40.2 Å². The van der Waals surface area contributed by atoms with E-state index in [4.69, 9.17) is 4.74 Å². The lowest BCUT2D eigenvalue weighted by Crippen LogP contribution is -2.34. The molecule has 0 bridgehead atoms. The van der Waals surface area contributed by atoms with Gasteiger partial charge in [0.1, 0.15) is 5.75 Å². The van der Waals surface area contributed by atoms with Crippen molar-refractivity contribution in [3.05, 3.63) is 64.1 Å². The van der Waals surface area contributed by atoms with Crippen LogP contribution in [0.4, 0.5) is 0 Å². The van der Waals surface area contributed by atoms with Gasteiger partial charge in [0.05, 0.1) is 6.04 Å². The van der Waals surface area contributed by atoms with Crippen molar-refractivity contribution < 1.29 is 9.53 Å². The van der Waals surface area contributed by atoms with Gasteiger partial charge >= 0.3 is 0 Å². The van der Waals surface area contributed by atoms with Gasteiger partial charge in [0, 0.05) is 4.47 Å². The molecule has 4 heteroatoms. The fraction of sp³-hybridized carbons (Fsp3) is 0.278. The molecule has 2 aromatic rings. The quantitative estimate of drug-likeness (QED) is 0.894. The second-order valence-electron chi connectivity index (χ2n) is 5.45. The Kier molecular flexibility index (Phi) is 4.78. The lowest BCUT2D eigenvalue weighted by atomic mass is 9.88. The summed E-state index contributed by atoms with van der Waals surface area (Å²) in [7, 11) is 0. The van der Waals surface area contributed by atoms with Gasteiger partial charge in [-0.2, -0.15) is 0 Å². The summed E-state index contributed by atoms with van der Waals surface area (Å²) in [6, 6.07) is 15.9. The average molecular weight is 360 g/mol. The summed E-state index contributed by atoms with van der Waals surface area (Å²) in [4.78, 5) is 12.1. The minimum absolute atomic E-state index is 0.0420.